The van der Waals surface area contributed by atoms with Crippen molar-refractivity contribution in [2.75, 3.05) is 13.1 Å². The molecule has 1 aliphatic rings. The number of nitrogens with zero attached hydrogens (tertiary/aromatic N) is 3. The van der Waals surface area contributed by atoms with E-state index in [4.69, 9.17) is 4.42 Å². The molecular weight excluding hydrogens is 362 g/mol. The van der Waals surface area contributed by atoms with Crippen molar-refractivity contribution in [3.63, 3.8) is 0 Å². The number of aromatic nitrogens is 2. The van der Waals surface area contributed by atoms with Gasteiger partial charge in [0.25, 0.3) is 0 Å². The van der Waals surface area contributed by atoms with E-state index in [0.717, 1.165) is 24.0 Å². The molecule has 150 valence electrons. The Morgan fingerprint density at radius 1 is 0.931 bits per heavy atom. The zero-order valence-electron chi connectivity index (χ0n) is 17.0. The minimum absolute atomic E-state index is 0.161. The van der Waals surface area contributed by atoms with Gasteiger partial charge in [-0.25, -0.2) is 0 Å². The zero-order valence-corrected chi connectivity index (χ0v) is 17.0. The molecule has 0 spiro atoms. The van der Waals surface area contributed by atoms with Crippen LogP contribution in [0.5, 0.6) is 0 Å². The van der Waals surface area contributed by atoms with Gasteiger partial charge in [0.15, 0.2) is 0 Å². The van der Waals surface area contributed by atoms with Crippen molar-refractivity contribution in [2.45, 2.75) is 44.4 Å². The summed E-state index contributed by atoms with van der Waals surface area (Å²) in [5.74, 6) is 1.75. The number of carbonyl (C=O) groups excluding carboxylic acids is 1. The molecule has 0 aliphatic carbocycles. The van der Waals surface area contributed by atoms with Gasteiger partial charge in [-0.05, 0) is 24.0 Å². The number of piperidine rings is 1. The second kappa shape index (κ2) is 8.60. The number of hydrogen-bond donors (Lipinski definition) is 0. The van der Waals surface area contributed by atoms with Crippen LogP contribution in [0.1, 0.15) is 67.4 Å². The lowest BCUT2D eigenvalue weighted by atomic mass is 9.88. The van der Waals surface area contributed by atoms with Crippen LogP contribution in [0.4, 0.5) is 0 Å². The van der Waals surface area contributed by atoms with E-state index < -0.39 is 0 Å². The lowest BCUT2D eigenvalue weighted by Gasteiger charge is -2.33. The van der Waals surface area contributed by atoms with Crippen molar-refractivity contribution in [3.8, 4) is 0 Å². The molecule has 29 heavy (non-hydrogen) atoms. The molecule has 4 rings (SSSR count). The van der Waals surface area contributed by atoms with Crippen molar-refractivity contribution in [1.82, 2.24) is 15.1 Å². The second-order valence-corrected chi connectivity index (χ2v) is 7.99. The minimum atomic E-state index is -0.273. The van der Waals surface area contributed by atoms with Crippen molar-refractivity contribution in [2.24, 2.45) is 0 Å². The highest BCUT2D eigenvalue weighted by Crippen LogP contribution is 2.32. The summed E-state index contributed by atoms with van der Waals surface area (Å²) in [4.78, 5) is 15.5. The van der Waals surface area contributed by atoms with E-state index >= 15 is 0 Å². The van der Waals surface area contributed by atoms with Gasteiger partial charge in [0.05, 0.1) is 5.92 Å². The molecule has 3 aromatic rings. The maximum Gasteiger partial charge on any atom is 0.234 e. The lowest BCUT2D eigenvalue weighted by Crippen LogP contribution is -2.41. The van der Waals surface area contributed by atoms with Crippen LogP contribution >= 0.6 is 0 Å². The second-order valence-electron chi connectivity index (χ2n) is 7.99. The Labute approximate surface area is 171 Å². The van der Waals surface area contributed by atoms with Crippen molar-refractivity contribution in [1.29, 1.82) is 0 Å². The Morgan fingerprint density at radius 3 is 1.97 bits per heavy atom. The zero-order chi connectivity index (χ0) is 20.2. The van der Waals surface area contributed by atoms with Crippen LogP contribution in [0.2, 0.25) is 0 Å². The molecule has 1 aromatic heterocycles. The van der Waals surface area contributed by atoms with Gasteiger partial charge in [0, 0.05) is 24.9 Å². The maximum atomic E-state index is 13.5. The number of benzene rings is 2. The maximum absolute atomic E-state index is 13.5. The van der Waals surface area contributed by atoms with Gasteiger partial charge in [0.2, 0.25) is 17.7 Å². The monoisotopic (exact) mass is 389 g/mol. The first-order chi connectivity index (χ1) is 14.1. The van der Waals surface area contributed by atoms with Gasteiger partial charge in [0.1, 0.15) is 0 Å². The molecule has 0 saturated carbocycles. The largest absolute Gasteiger partial charge is 0.425 e. The average Bonchev–Trinajstić information content (AvgIpc) is 3.26. The van der Waals surface area contributed by atoms with Crippen LogP contribution < -0.4 is 0 Å². The summed E-state index contributed by atoms with van der Waals surface area (Å²) in [6, 6.07) is 20.1. The van der Waals surface area contributed by atoms with E-state index in [2.05, 4.69) is 10.2 Å². The third-order valence-electron chi connectivity index (χ3n) is 5.62. The average molecular weight is 389 g/mol. The van der Waals surface area contributed by atoms with E-state index in [-0.39, 0.29) is 23.7 Å². The van der Waals surface area contributed by atoms with E-state index in [0.29, 0.717) is 24.9 Å². The van der Waals surface area contributed by atoms with Crippen molar-refractivity contribution >= 4 is 5.91 Å². The van der Waals surface area contributed by atoms with E-state index in [1.807, 2.05) is 79.4 Å². The molecule has 1 fully saturated rings. The van der Waals surface area contributed by atoms with Gasteiger partial charge in [-0.3, -0.25) is 4.79 Å². The normalized spacial score (nSPS) is 15.2. The molecule has 2 aromatic carbocycles. The van der Waals surface area contributed by atoms with Crippen LogP contribution in [0, 0.1) is 0 Å². The summed E-state index contributed by atoms with van der Waals surface area (Å²) in [6.07, 6.45) is 1.70. The summed E-state index contributed by atoms with van der Waals surface area (Å²) in [5, 5.41) is 8.40. The first-order valence-electron chi connectivity index (χ1n) is 10.4. The fourth-order valence-corrected chi connectivity index (χ4v) is 3.94. The SMILES string of the molecule is CC(C)c1nnc(C2CCN(C(=O)C(c3ccccc3)c3ccccc3)CC2)o1. The Morgan fingerprint density at radius 2 is 1.48 bits per heavy atom. The predicted octanol–water partition coefficient (Wildman–Crippen LogP) is 4.73. The smallest absolute Gasteiger partial charge is 0.234 e. The van der Waals surface area contributed by atoms with Gasteiger partial charge < -0.3 is 9.32 Å². The van der Waals surface area contributed by atoms with Crippen LogP contribution in [0.3, 0.4) is 0 Å². The molecule has 1 aliphatic heterocycles. The third-order valence-corrected chi connectivity index (χ3v) is 5.62. The van der Waals surface area contributed by atoms with Crippen LogP contribution in [0.15, 0.2) is 65.1 Å². The number of carbonyl (C=O) groups is 1. The van der Waals surface area contributed by atoms with E-state index in [9.17, 15) is 4.79 Å². The van der Waals surface area contributed by atoms with E-state index in [1.54, 1.807) is 0 Å². The fraction of sp³-hybridized carbons (Fsp3) is 0.375. The molecule has 0 unspecified atom stereocenters. The standard InChI is InChI=1S/C24H27N3O2/c1-17(2)22-25-26-23(29-22)20-13-15-27(16-14-20)24(28)21(18-9-5-3-6-10-18)19-11-7-4-8-12-19/h3-12,17,20-21H,13-16H2,1-2H3. The topological polar surface area (TPSA) is 59.2 Å². The van der Waals surface area contributed by atoms with Crippen molar-refractivity contribution in [3.05, 3.63) is 83.6 Å². The summed E-state index contributed by atoms with van der Waals surface area (Å²) < 4.78 is 5.84. The lowest BCUT2D eigenvalue weighted by molar-refractivity contribution is -0.133. The molecule has 5 heteroatoms. The number of rotatable bonds is 5. The van der Waals surface area contributed by atoms with Gasteiger partial charge in [-0.1, -0.05) is 74.5 Å². The highest BCUT2D eigenvalue weighted by Gasteiger charge is 2.32. The molecule has 1 amide bonds. The minimum Gasteiger partial charge on any atom is -0.425 e. The Bertz CT molecular complexity index is 890. The number of hydrogen-bond acceptors (Lipinski definition) is 4. The summed E-state index contributed by atoms with van der Waals surface area (Å²) in [5.41, 5.74) is 2.06. The Hall–Kier alpha value is -2.95. The first kappa shape index (κ1) is 19.4. The fourth-order valence-electron chi connectivity index (χ4n) is 3.94. The van der Waals surface area contributed by atoms with E-state index in [1.165, 1.54) is 0 Å². The van der Waals surface area contributed by atoms with Gasteiger partial charge in [-0.2, -0.15) is 0 Å². The van der Waals surface area contributed by atoms with Gasteiger partial charge >= 0.3 is 0 Å². The molecule has 5 nitrogen and oxygen atoms in total. The Balaban J connectivity index is 1.49. The van der Waals surface area contributed by atoms with Crippen LogP contribution in [-0.2, 0) is 4.79 Å². The third kappa shape index (κ3) is 4.24. The molecule has 0 N–H and O–H groups in total. The van der Waals surface area contributed by atoms with Crippen molar-refractivity contribution < 1.29 is 9.21 Å². The quantitative estimate of drug-likeness (QED) is 0.633. The molecule has 1 saturated heterocycles. The number of likely N-dealkylation sites (tertiary alicyclic amines) is 1. The highest BCUT2D eigenvalue weighted by atomic mass is 16.4. The molecule has 0 radical (unpaired) electrons. The number of amides is 1. The molecule has 0 atom stereocenters. The summed E-state index contributed by atoms with van der Waals surface area (Å²) >= 11 is 0. The summed E-state index contributed by atoms with van der Waals surface area (Å²) in [6.45, 7) is 5.51. The molecule has 0 bridgehead atoms. The molecule has 2 heterocycles. The molecular formula is C24H27N3O2. The van der Waals surface area contributed by atoms with Gasteiger partial charge in [-0.15, -0.1) is 10.2 Å². The predicted molar refractivity (Wildman–Crippen MR) is 112 cm³/mol. The van der Waals surface area contributed by atoms with Crippen LogP contribution in [-0.4, -0.2) is 34.1 Å². The Kier molecular flexibility index (Phi) is 5.74. The van der Waals surface area contributed by atoms with Crippen LogP contribution in [0.25, 0.3) is 0 Å². The summed E-state index contributed by atoms with van der Waals surface area (Å²) in [7, 11) is 0. The highest BCUT2D eigenvalue weighted by molar-refractivity contribution is 5.87. The first-order valence-corrected chi connectivity index (χ1v) is 10.4.